The number of carbonyl (C=O) groups excluding carboxylic acids is 3. The quantitative estimate of drug-likeness (QED) is 0.464. The molecule has 0 bridgehead atoms. The number of carbonyl (C=O) groups is 3. The van der Waals surface area contributed by atoms with Crippen molar-refractivity contribution in [3.8, 4) is 22.8 Å². The third-order valence-electron chi connectivity index (χ3n) is 4.81. The number of imide groups is 1. The molecule has 31 heavy (non-hydrogen) atoms. The van der Waals surface area contributed by atoms with Crippen molar-refractivity contribution in [1.82, 2.24) is 10.0 Å². The van der Waals surface area contributed by atoms with Crippen LogP contribution in [-0.4, -0.2) is 27.8 Å². The third-order valence-corrected chi connectivity index (χ3v) is 4.81. The highest BCUT2D eigenvalue weighted by Crippen LogP contribution is 2.31. The summed E-state index contributed by atoms with van der Waals surface area (Å²) in [6.45, 7) is 0. The topological polar surface area (TPSA) is 89.7 Å². The number of hydrogen-bond donors (Lipinski definition) is 0. The Kier molecular flexibility index (Phi) is 4.41. The molecular formula is C24H14N2O5. The van der Waals surface area contributed by atoms with E-state index < -0.39 is 17.8 Å². The van der Waals surface area contributed by atoms with Crippen LogP contribution < -0.4 is 0 Å². The van der Waals surface area contributed by atoms with Gasteiger partial charge in [-0.2, -0.15) is 0 Å². The SMILES string of the molecule is O=C(ON1C(=O)c2ccccc2C1=O)c1nc(-c2ccccc2)oc1-c1ccccc1. The molecule has 1 aliphatic heterocycles. The average molecular weight is 410 g/mol. The normalized spacial score (nSPS) is 12.7. The molecule has 2 amide bonds. The van der Waals surface area contributed by atoms with Crippen molar-refractivity contribution in [1.29, 1.82) is 0 Å². The zero-order chi connectivity index (χ0) is 21.4. The highest BCUT2D eigenvalue weighted by Gasteiger charge is 2.39. The van der Waals surface area contributed by atoms with E-state index >= 15 is 0 Å². The summed E-state index contributed by atoms with van der Waals surface area (Å²) in [7, 11) is 0. The second kappa shape index (κ2) is 7.38. The van der Waals surface area contributed by atoms with Crippen LogP contribution in [0.3, 0.4) is 0 Å². The first kappa shape index (κ1) is 18.5. The molecule has 0 saturated carbocycles. The molecule has 0 aliphatic carbocycles. The largest absolute Gasteiger partial charge is 0.435 e. The van der Waals surface area contributed by atoms with Crippen LogP contribution in [0.1, 0.15) is 31.2 Å². The van der Waals surface area contributed by atoms with Crippen LogP contribution in [0.5, 0.6) is 0 Å². The van der Waals surface area contributed by atoms with E-state index in [0.29, 0.717) is 16.2 Å². The second-order valence-corrected chi connectivity index (χ2v) is 6.76. The Morgan fingerprint density at radius 1 is 0.742 bits per heavy atom. The van der Waals surface area contributed by atoms with E-state index in [2.05, 4.69) is 4.98 Å². The summed E-state index contributed by atoms with van der Waals surface area (Å²) in [6.07, 6.45) is 0. The number of rotatable bonds is 4. The summed E-state index contributed by atoms with van der Waals surface area (Å²) in [6, 6.07) is 24.3. The Morgan fingerprint density at radius 2 is 1.26 bits per heavy atom. The minimum Gasteiger partial charge on any atom is -0.435 e. The van der Waals surface area contributed by atoms with Crippen molar-refractivity contribution in [2.45, 2.75) is 0 Å². The first-order valence-corrected chi connectivity index (χ1v) is 9.45. The number of hydroxylamine groups is 2. The maximum atomic E-state index is 13.0. The molecule has 7 nitrogen and oxygen atoms in total. The van der Waals surface area contributed by atoms with Crippen LogP contribution >= 0.6 is 0 Å². The number of hydrogen-bond acceptors (Lipinski definition) is 6. The highest BCUT2D eigenvalue weighted by molar-refractivity contribution is 6.21. The van der Waals surface area contributed by atoms with Gasteiger partial charge in [-0.05, 0) is 24.3 Å². The highest BCUT2D eigenvalue weighted by atomic mass is 16.7. The van der Waals surface area contributed by atoms with Gasteiger partial charge in [0.1, 0.15) is 0 Å². The molecule has 1 aliphatic rings. The van der Waals surface area contributed by atoms with Crippen molar-refractivity contribution in [2.75, 3.05) is 0 Å². The Labute approximate surface area is 176 Å². The molecule has 1 aromatic heterocycles. The number of amides is 2. The molecule has 3 aromatic carbocycles. The van der Waals surface area contributed by atoms with Gasteiger partial charge in [0.05, 0.1) is 11.1 Å². The molecule has 5 rings (SSSR count). The molecular weight excluding hydrogens is 396 g/mol. The van der Waals surface area contributed by atoms with Crippen molar-refractivity contribution in [3.63, 3.8) is 0 Å². The van der Waals surface area contributed by atoms with Crippen molar-refractivity contribution >= 4 is 17.8 Å². The zero-order valence-electron chi connectivity index (χ0n) is 16.0. The molecule has 0 unspecified atom stereocenters. The van der Waals surface area contributed by atoms with Crippen LogP contribution in [0.4, 0.5) is 0 Å². The fourth-order valence-corrected chi connectivity index (χ4v) is 3.32. The summed E-state index contributed by atoms with van der Waals surface area (Å²) < 4.78 is 5.89. The van der Waals surface area contributed by atoms with Crippen molar-refractivity contribution in [2.24, 2.45) is 0 Å². The molecule has 7 heteroatoms. The first-order chi connectivity index (χ1) is 15.1. The van der Waals surface area contributed by atoms with E-state index in [-0.39, 0.29) is 28.5 Å². The van der Waals surface area contributed by atoms with E-state index in [1.807, 2.05) is 24.3 Å². The second-order valence-electron chi connectivity index (χ2n) is 6.76. The average Bonchev–Trinajstić information content (AvgIpc) is 3.37. The lowest BCUT2D eigenvalue weighted by Crippen LogP contribution is -2.33. The van der Waals surface area contributed by atoms with Gasteiger partial charge in [-0.25, -0.2) is 9.78 Å². The maximum absolute atomic E-state index is 13.0. The minimum absolute atomic E-state index is 0.137. The lowest BCUT2D eigenvalue weighted by molar-refractivity contribution is -0.0587. The fourth-order valence-electron chi connectivity index (χ4n) is 3.32. The summed E-state index contributed by atoms with van der Waals surface area (Å²) in [4.78, 5) is 47.6. The van der Waals surface area contributed by atoms with Crippen molar-refractivity contribution in [3.05, 3.63) is 102 Å². The third kappa shape index (κ3) is 3.18. The molecule has 0 N–H and O–H groups in total. The number of nitrogens with zero attached hydrogens (tertiary/aromatic N) is 2. The summed E-state index contributed by atoms with van der Waals surface area (Å²) in [5.41, 5.74) is 1.48. The van der Waals surface area contributed by atoms with E-state index in [0.717, 1.165) is 0 Å². The smallest absolute Gasteiger partial charge is 0.386 e. The first-order valence-electron chi connectivity index (χ1n) is 9.45. The summed E-state index contributed by atoms with van der Waals surface area (Å²) >= 11 is 0. The molecule has 2 heterocycles. The number of oxazole rings is 1. The van der Waals surface area contributed by atoms with Gasteiger partial charge in [-0.1, -0.05) is 65.7 Å². The molecule has 0 saturated heterocycles. The molecule has 0 radical (unpaired) electrons. The van der Waals surface area contributed by atoms with Crippen LogP contribution in [-0.2, 0) is 4.84 Å². The summed E-state index contributed by atoms with van der Waals surface area (Å²) in [5.74, 6) is -1.99. The lowest BCUT2D eigenvalue weighted by Gasteiger charge is -2.11. The minimum atomic E-state index is -0.973. The lowest BCUT2D eigenvalue weighted by atomic mass is 10.1. The number of benzene rings is 3. The molecule has 4 aromatic rings. The van der Waals surface area contributed by atoms with E-state index in [4.69, 9.17) is 9.25 Å². The molecule has 0 spiro atoms. The Bertz CT molecular complexity index is 1280. The van der Waals surface area contributed by atoms with Crippen LogP contribution in [0.2, 0.25) is 0 Å². The number of aromatic nitrogens is 1. The molecule has 150 valence electrons. The standard InChI is InChI=1S/C24H14N2O5/c27-22-17-13-7-8-14-18(17)23(28)26(22)31-24(29)19-20(15-9-3-1-4-10-15)30-21(25-19)16-11-5-2-6-12-16/h1-14H. The van der Waals surface area contributed by atoms with Crippen LogP contribution in [0.25, 0.3) is 22.8 Å². The maximum Gasteiger partial charge on any atom is 0.386 e. The predicted octanol–water partition coefficient (Wildman–Crippen LogP) is 4.38. The van der Waals surface area contributed by atoms with Gasteiger partial charge in [0.15, 0.2) is 11.5 Å². The van der Waals surface area contributed by atoms with E-state index in [1.165, 1.54) is 12.1 Å². The number of fused-ring (bicyclic) bond motifs is 1. The van der Waals surface area contributed by atoms with Gasteiger partial charge >= 0.3 is 5.97 Å². The van der Waals surface area contributed by atoms with E-state index in [1.54, 1.807) is 48.5 Å². The van der Waals surface area contributed by atoms with Gasteiger partial charge in [-0.3, -0.25) is 9.59 Å². The molecule has 0 fully saturated rings. The van der Waals surface area contributed by atoms with Gasteiger partial charge in [-0.15, -0.1) is 0 Å². The van der Waals surface area contributed by atoms with Crippen molar-refractivity contribution < 1.29 is 23.6 Å². The summed E-state index contributed by atoms with van der Waals surface area (Å²) in [5, 5.41) is 0.457. The van der Waals surface area contributed by atoms with Gasteiger partial charge < -0.3 is 9.25 Å². The van der Waals surface area contributed by atoms with Crippen LogP contribution in [0.15, 0.2) is 89.3 Å². The van der Waals surface area contributed by atoms with E-state index in [9.17, 15) is 14.4 Å². The Balaban J connectivity index is 1.52. The monoisotopic (exact) mass is 410 g/mol. The zero-order valence-corrected chi connectivity index (χ0v) is 16.0. The predicted molar refractivity (Wildman–Crippen MR) is 110 cm³/mol. The van der Waals surface area contributed by atoms with Gasteiger partial charge in [0.25, 0.3) is 11.8 Å². The van der Waals surface area contributed by atoms with Gasteiger partial charge in [0, 0.05) is 11.1 Å². The van der Waals surface area contributed by atoms with Crippen LogP contribution in [0, 0.1) is 0 Å². The Hall–Kier alpha value is -4.52. The Morgan fingerprint density at radius 3 is 1.84 bits per heavy atom. The molecule has 0 atom stereocenters. The fraction of sp³-hybridized carbons (Fsp3) is 0. The van der Waals surface area contributed by atoms with Gasteiger partial charge in [0.2, 0.25) is 5.89 Å².